The Morgan fingerprint density at radius 1 is 1.00 bits per heavy atom. The highest BCUT2D eigenvalue weighted by Gasteiger charge is 2.05. The molecule has 0 radical (unpaired) electrons. The number of aromatic nitrogens is 4. The molecule has 1 amide bonds. The van der Waals surface area contributed by atoms with Crippen LogP contribution in [0, 0.1) is 0 Å². The van der Waals surface area contributed by atoms with Gasteiger partial charge < -0.3 is 5.32 Å². The maximum Gasteiger partial charge on any atom is 0.255 e. The number of benzene rings is 1. The Labute approximate surface area is 115 Å². The standard InChI is InChI=1S/C14H11N5O/c20-14(11-4-2-1-3-5-11)18-12-6-7-13(15-8-12)19-9-16-17-10-19/h1-10H,(H,18,20). The molecule has 2 aromatic heterocycles. The Balaban J connectivity index is 1.74. The van der Waals surface area contributed by atoms with Crippen LogP contribution < -0.4 is 5.32 Å². The Bertz CT molecular complexity index is 692. The summed E-state index contributed by atoms with van der Waals surface area (Å²) >= 11 is 0. The van der Waals surface area contributed by atoms with Crippen LogP contribution in [0.2, 0.25) is 0 Å². The predicted molar refractivity (Wildman–Crippen MR) is 73.5 cm³/mol. The number of carbonyl (C=O) groups is 1. The van der Waals surface area contributed by atoms with Crippen molar-refractivity contribution < 1.29 is 4.79 Å². The van der Waals surface area contributed by atoms with E-state index in [0.29, 0.717) is 17.1 Å². The lowest BCUT2D eigenvalue weighted by Gasteiger charge is -2.06. The van der Waals surface area contributed by atoms with Gasteiger partial charge in [-0.1, -0.05) is 18.2 Å². The predicted octanol–water partition coefficient (Wildman–Crippen LogP) is 1.91. The van der Waals surface area contributed by atoms with Crippen molar-refractivity contribution in [1.82, 2.24) is 19.7 Å². The SMILES string of the molecule is O=C(Nc1ccc(-n2cnnc2)nc1)c1ccccc1. The van der Waals surface area contributed by atoms with Crippen molar-refractivity contribution in [3.63, 3.8) is 0 Å². The van der Waals surface area contributed by atoms with Gasteiger partial charge in [-0.25, -0.2) is 4.98 Å². The maximum absolute atomic E-state index is 12.0. The van der Waals surface area contributed by atoms with Crippen LogP contribution in [0.25, 0.3) is 5.82 Å². The summed E-state index contributed by atoms with van der Waals surface area (Å²) in [5, 5.41) is 10.2. The van der Waals surface area contributed by atoms with Gasteiger partial charge in [0.2, 0.25) is 0 Å². The molecule has 0 aliphatic carbocycles. The van der Waals surface area contributed by atoms with Crippen LogP contribution in [0.15, 0.2) is 61.3 Å². The van der Waals surface area contributed by atoms with E-state index in [9.17, 15) is 4.79 Å². The number of hydrogen-bond acceptors (Lipinski definition) is 4. The molecule has 0 fully saturated rings. The normalized spacial score (nSPS) is 10.2. The second kappa shape index (κ2) is 5.31. The molecule has 0 aliphatic rings. The third-order valence-corrected chi connectivity index (χ3v) is 2.73. The summed E-state index contributed by atoms with van der Waals surface area (Å²) in [4.78, 5) is 16.2. The lowest BCUT2D eigenvalue weighted by Crippen LogP contribution is -2.11. The second-order valence-corrected chi connectivity index (χ2v) is 4.09. The summed E-state index contributed by atoms with van der Waals surface area (Å²) in [6.45, 7) is 0. The van der Waals surface area contributed by atoms with Crippen molar-refractivity contribution in [2.45, 2.75) is 0 Å². The Kier molecular flexibility index (Phi) is 3.20. The summed E-state index contributed by atoms with van der Waals surface area (Å²) in [6, 6.07) is 12.6. The van der Waals surface area contributed by atoms with E-state index in [-0.39, 0.29) is 5.91 Å². The molecule has 0 saturated carbocycles. The molecule has 3 aromatic rings. The van der Waals surface area contributed by atoms with Crippen molar-refractivity contribution in [3.8, 4) is 5.82 Å². The van der Waals surface area contributed by atoms with Crippen LogP contribution in [0.3, 0.4) is 0 Å². The van der Waals surface area contributed by atoms with Gasteiger partial charge in [0, 0.05) is 5.56 Å². The highest BCUT2D eigenvalue weighted by molar-refractivity contribution is 6.04. The maximum atomic E-state index is 12.0. The molecule has 3 rings (SSSR count). The van der Waals surface area contributed by atoms with E-state index in [2.05, 4.69) is 20.5 Å². The molecule has 6 heteroatoms. The Hall–Kier alpha value is -3.02. The average molecular weight is 265 g/mol. The summed E-state index contributed by atoms with van der Waals surface area (Å²) in [6.07, 6.45) is 4.71. The molecule has 0 saturated heterocycles. The number of amides is 1. The number of pyridine rings is 1. The van der Waals surface area contributed by atoms with Gasteiger partial charge >= 0.3 is 0 Å². The number of hydrogen-bond donors (Lipinski definition) is 1. The van der Waals surface area contributed by atoms with Crippen LogP contribution in [0.1, 0.15) is 10.4 Å². The van der Waals surface area contributed by atoms with Crippen LogP contribution in [-0.2, 0) is 0 Å². The van der Waals surface area contributed by atoms with E-state index in [1.165, 1.54) is 0 Å². The van der Waals surface area contributed by atoms with Crippen molar-refractivity contribution in [3.05, 3.63) is 66.9 Å². The molecule has 98 valence electrons. The minimum atomic E-state index is -0.163. The van der Waals surface area contributed by atoms with Gasteiger partial charge in [0.1, 0.15) is 18.5 Å². The molecule has 0 atom stereocenters. The Morgan fingerprint density at radius 2 is 1.75 bits per heavy atom. The Morgan fingerprint density at radius 3 is 2.40 bits per heavy atom. The van der Waals surface area contributed by atoms with Crippen LogP contribution in [0.4, 0.5) is 5.69 Å². The highest BCUT2D eigenvalue weighted by atomic mass is 16.1. The zero-order valence-electron chi connectivity index (χ0n) is 10.5. The first-order valence-electron chi connectivity index (χ1n) is 6.00. The summed E-state index contributed by atoms with van der Waals surface area (Å²) in [5.74, 6) is 0.525. The fourth-order valence-electron chi connectivity index (χ4n) is 1.72. The van der Waals surface area contributed by atoms with E-state index in [0.717, 1.165) is 0 Å². The minimum Gasteiger partial charge on any atom is -0.321 e. The van der Waals surface area contributed by atoms with Gasteiger partial charge in [0.25, 0.3) is 5.91 Å². The third-order valence-electron chi connectivity index (χ3n) is 2.73. The van der Waals surface area contributed by atoms with E-state index >= 15 is 0 Å². The van der Waals surface area contributed by atoms with Gasteiger partial charge in [-0.15, -0.1) is 10.2 Å². The van der Waals surface area contributed by atoms with Gasteiger partial charge in [-0.05, 0) is 24.3 Å². The van der Waals surface area contributed by atoms with Crippen LogP contribution >= 0.6 is 0 Å². The van der Waals surface area contributed by atoms with Crippen LogP contribution in [-0.4, -0.2) is 25.7 Å². The topological polar surface area (TPSA) is 72.7 Å². The van der Waals surface area contributed by atoms with E-state index in [4.69, 9.17) is 0 Å². The molecule has 0 bridgehead atoms. The fourth-order valence-corrected chi connectivity index (χ4v) is 1.72. The summed E-state index contributed by atoms with van der Waals surface area (Å²) in [7, 11) is 0. The molecule has 2 heterocycles. The van der Waals surface area contributed by atoms with Gasteiger partial charge in [-0.2, -0.15) is 0 Å². The molecule has 20 heavy (non-hydrogen) atoms. The zero-order valence-corrected chi connectivity index (χ0v) is 10.5. The van der Waals surface area contributed by atoms with Gasteiger partial charge in [0.15, 0.2) is 0 Å². The number of nitrogens with one attached hydrogen (secondary N) is 1. The van der Waals surface area contributed by atoms with Crippen molar-refractivity contribution in [2.75, 3.05) is 5.32 Å². The number of anilines is 1. The molecule has 0 spiro atoms. The molecule has 6 nitrogen and oxygen atoms in total. The summed E-state index contributed by atoms with van der Waals surface area (Å²) in [5.41, 5.74) is 1.24. The summed E-state index contributed by atoms with van der Waals surface area (Å²) < 4.78 is 1.68. The smallest absolute Gasteiger partial charge is 0.255 e. The fraction of sp³-hybridized carbons (Fsp3) is 0. The first-order valence-corrected chi connectivity index (χ1v) is 6.00. The molecular formula is C14H11N5O. The second-order valence-electron chi connectivity index (χ2n) is 4.09. The molecule has 1 N–H and O–H groups in total. The van der Waals surface area contributed by atoms with Crippen LogP contribution in [0.5, 0.6) is 0 Å². The number of rotatable bonds is 3. The highest BCUT2D eigenvalue weighted by Crippen LogP contribution is 2.10. The van der Waals surface area contributed by atoms with E-state index in [1.54, 1.807) is 47.7 Å². The van der Waals surface area contributed by atoms with E-state index < -0.39 is 0 Å². The first kappa shape index (κ1) is 12.0. The third kappa shape index (κ3) is 2.54. The largest absolute Gasteiger partial charge is 0.321 e. The van der Waals surface area contributed by atoms with Gasteiger partial charge in [-0.3, -0.25) is 9.36 Å². The molecule has 0 aliphatic heterocycles. The van der Waals surface area contributed by atoms with Gasteiger partial charge in [0.05, 0.1) is 11.9 Å². The van der Waals surface area contributed by atoms with Crippen molar-refractivity contribution in [2.24, 2.45) is 0 Å². The van der Waals surface area contributed by atoms with Crippen molar-refractivity contribution >= 4 is 11.6 Å². The monoisotopic (exact) mass is 265 g/mol. The lowest BCUT2D eigenvalue weighted by atomic mass is 10.2. The lowest BCUT2D eigenvalue weighted by molar-refractivity contribution is 0.102. The zero-order chi connectivity index (χ0) is 13.8. The number of nitrogens with zero attached hydrogens (tertiary/aromatic N) is 4. The van der Waals surface area contributed by atoms with E-state index in [1.807, 2.05) is 18.2 Å². The number of carbonyl (C=O) groups excluding carboxylic acids is 1. The van der Waals surface area contributed by atoms with Crippen molar-refractivity contribution in [1.29, 1.82) is 0 Å². The molecular weight excluding hydrogens is 254 g/mol. The first-order chi connectivity index (χ1) is 9.83. The molecule has 1 aromatic carbocycles. The molecule has 0 unspecified atom stereocenters. The minimum absolute atomic E-state index is 0.163. The quantitative estimate of drug-likeness (QED) is 0.785. The average Bonchev–Trinajstić information content (AvgIpc) is 3.03.